The molecule has 0 unspecified atom stereocenters. The van der Waals surface area contributed by atoms with E-state index in [0.717, 1.165) is 28.8 Å². The lowest BCUT2D eigenvalue weighted by molar-refractivity contribution is -0.147. The number of alkyl halides is 3. The summed E-state index contributed by atoms with van der Waals surface area (Å²) in [4.78, 5) is 21.0. The Balaban J connectivity index is 1.45. The van der Waals surface area contributed by atoms with Crippen molar-refractivity contribution < 1.29 is 18.0 Å². The van der Waals surface area contributed by atoms with Crippen molar-refractivity contribution in [3.8, 4) is 11.4 Å². The molecule has 0 bridgehead atoms. The van der Waals surface area contributed by atoms with Gasteiger partial charge < -0.3 is 9.88 Å². The molecule has 0 aliphatic heterocycles. The fraction of sp³-hybridized carbons (Fsp3) is 0.273. The number of anilines is 1. The Bertz CT molecular complexity index is 1320. The number of carbonyl (C=O) groups excluding carboxylic acids is 1. The predicted molar refractivity (Wildman–Crippen MR) is 112 cm³/mol. The molecule has 164 valence electrons. The van der Waals surface area contributed by atoms with Crippen molar-refractivity contribution in [3.05, 3.63) is 59.7 Å². The zero-order valence-corrected chi connectivity index (χ0v) is 17.1. The summed E-state index contributed by atoms with van der Waals surface area (Å²) in [5.74, 6) is -0.0920. The van der Waals surface area contributed by atoms with Crippen LogP contribution in [0.4, 0.5) is 18.9 Å². The van der Waals surface area contributed by atoms with E-state index in [2.05, 4.69) is 25.5 Å². The van der Waals surface area contributed by atoms with E-state index in [-0.39, 0.29) is 11.0 Å². The van der Waals surface area contributed by atoms with E-state index >= 15 is 0 Å². The lowest BCUT2D eigenvalue weighted by Gasteiger charge is -2.13. The monoisotopic (exact) mass is 440 g/mol. The summed E-state index contributed by atoms with van der Waals surface area (Å²) in [7, 11) is 0. The maximum Gasteiger partial charge on any atom is 0.449 e. The number of carbonyl (C=O) groups is 1. The van der Waals surface area contributed by atoms with E-state index in [1.54, 1.807) is 24.3 Å². The number of nitrogens with zero attached hydrogens (tertiary/aromatic N) is 4. The second-order valence-corrected chi connectivity index (χ2v) is 7.92. The zero-order chi connectivity index (χ0) is 22.5. The van der Waals surface area contributed by atoms with Gasteiger partial charge in [0.1, 0.15) is 12.4 Å². The number of para-hydroxylation sites is 2. The fourth-order valence-corrected chi connectivity index (χ4v) is 3.67. The number of hydrogen-bond acceptors (Lipinski definition) is 4. The van der Waals surface area contributed by atoms with Gasteiger partial charge >= 0.3 is 6.18 Å². The van der Waals surface area contributed by atoms with Gasteiger partial charge in [0.2, 0.25) is 11.7 Å². The Morgan fingerprint density at radius 3 is 2.72 bits per heavy atom. The molecule has 1 aliphatic carbocycles. The molecule has 1 fully saturated rings. The molecule has 2 N–H and O–H groups in total. The lowest BCUT2D eigenvalue weighted by atomic mass is 10.1. The number of halogens is 3. The number of aromatic amines is 1. The molecule has 4 aromatic rings. The number of hydrogen-bond donors (Lipinski definition) is 2. The van der Waals surface area contributed by atoms with Crippen LogP contribution in [0.2, 0.25) is 0 Å². The minimum absolute atomic E-state index is 0.178. The molecule has 0 atom stereocenters. The number of aromatic nitrogens is 5. The van der Waals surface area contributed by atoms with Gasteiger partial charge in [-0.1, -0.05) is 23.8 Å². The number of aryl methyl sites for hydroxylation is 1. The highest BCUT2D eigenvalue weighted by Gasteiger charge is 2.38. The zero-order valence-electron chi connectivity index (χ0n) is 17.1. The fourth-order valence-electron chi connectivity index (χ4n) is 3.67. The van der Waals surface area contributed by atoms with E-state index in [0.29, 0.717) is 23.0 Å². The van der Waals surface area contributed by atoms with Crippen molar-refractivity contribution >= 4 is 22.6 Å². The molecular formula is C22H19F3N6O. The average molecular weight is 440 g/mol. The second kappa shape index (κ2) is 7.47. The first-order valence-corrected chi connectivity index (χ1v) is 10.2. The van der Waals surface area contributed by atoms with Crippen LogP contribution < -0.4 is 5.32 Å². The number of H-pyrrole nitrogens is 1. The molecule has 10 heteroatoms. The van der Waals surface area contributed by atoms with Crippen LogP contribution in [0.15, 0.2) is 42.5 Å². The third kappa shape index (κ3) is 3.83. The van der Waals surface area contributed by atoms with Crippen molar-refractivity contribution in [1.29, 1.82) is 0 Å². The van der Waals surface area contributed by atoms with Crippen molar-refractivity contribution in [2.45, 2.75) is 38.4 Å². The third-order valence-corrected chi connectivity index (χ3v) is 5.37. The number of amides is 1. The molecule has 1 amide bonds. The molecule has 0 spiro atoms. The lowest BCUT2D eigenvalue weighted by Crippen LogP contribution is -2.23. The minimum atomic E-state index is -4.69. The van der Waals surface area contributed by atoms with E-state index in [4.69, 9.17) is 0 Å². The van der Waals surface area contributed by atoms with Gasteiger partial charge in [-0.05, 0) is 44.0 Å². The Kier molecular flexibility index (Phi) is 4.72. The third-order valence-electron chi connectivity index (χ3n) is 5.37. The van der Waals surface area contributed by atoms with Crippen molar-refractivity contribution in [3.63, 3.8) is 0 Å². The number of imidazole rings is 1. The smallest absolute Gasteiger partial charge is 0.324 e. The normalized spacial score (nSPS) is 14.1. The van der Waals surface area contributed by atoms with E-state index in [1.165, 1.54) is 12.1 Å². The molecule has 1 saturated carbocycles. The first-order chi connectivity index (χ1) is 15.3. The standard InChI is InChI=1S/C22H19F3N6O/c1-12-6-9-15(14(10-12)20-28-19(29-30-20)13-7-8-13)26-18(32)11-31-17-5-3-2-4-16(17)27-21(31)22(23,24)25/h2-6,9-10,13H,7-8,11H2,1H3,(H,26,32)(H,28,29,30). The SMILES string of the molecule is Cc1ccc(NC(=O)Cn2c(C(F)(F)F)nc3ccccc32)c(-c2n[nH]c(C3CC3)n2)c1. The number of nitrogens with one attached hydrogen (secondary N) is 2. The largest absolute Gasteiger partial charge is 0.449 e. The first-order valence-electron chi connectivity index (χ1n) is 10.2. The molecule has 0 saturated heterocycles. The van der Waals surface area contributed by atoms with Crippen LogP contribution >= 0.6 is 0 Å². The topological polar surface area (TPSA) is 88.5 Å². The van der Waals surface area contributed by atoms with Gasteiger partial charge in [0.05, 0.1) is 16.7 Å². The minimum Gasteiger partial charge on any atom is -0.324 e. The van der Waals surface area contributed by atoms with Crippen LogP contribution in [0.25, 0.3) is 22.4 Å². The second-order valence-electron chi connectivity index (χ2n) is 7.92. The summed E-state index contributed by atoms with van der Waals surface area (Å²) in [6, 6.07) is 11.5. The molecule has 0 radical (unpaired) electrons. The van der Waals surface area contributed by atoms with Crippen molar-refractivity contribution in [2.75, 3.05) is 5.32 Å². The van der Waals surface area contributed by atoms with Crippen LogP contribution in [-0.4, -0.2) is 30.6 Å². The summed E-state index contributed by atoms with van der Waals surface area (Å²) < 4.78 is 41.5. The van der Waals surface area contributed by atoms with Gasteiger partial charge in [0.15, 0.2) is 5.82 Å². The summed E-state index contributed by atoms with van der Waals surface area (Å²) in [5.41, 5.74) is 2.39. The molecule has 2 aromatic heterocycles. The van der Waals surface area contributed by atoms with Crippen LogP contribution in [0, 0.1) is 6.92 Å². The maximum atomic E-state index is 13.5. The Labute approximate surface area is 180 Å². The van der Waals surface area contributed by atoms with Crippen molar-refractivity contribution in [1.82, 2.24) is 24.7 Å². The Hall–Kier alpha value is -3.69. The van der Waals surface area contributed by atoms with Gasteiger partial charge in [-0.3, -0.25) is 9.89 Å². The average Bonchev–Trinajstić information content (AvgIpc) is 3.35. The van der Waals surface area contributed by atoms with Gasteiger partial charge in [-0.2, -0.15) is 18.3 Å². The van der Waals surface area contributed by atoms with Crippen LogP contribution in [-0.2, 0) is 17.5 Å². The quantitative estimate of drug-likeness (QED) is 0.472. The summed E-state index contributed by atoms with van der Waals surface area (Å²) >= 11 is 0. The molecule has 7 nitrogen and oxygen atoms in total. The number of rotatable bonds is 5. The van der Waals surface area contributed by atoms with Gasteiger partial charge in [0, 0.05) is 11.5 Å². The number of fused-ring (bicyclic) bond motifs is 1. The van der Waals surface area contributed by atoms with E-state index in [9.17, 15) is 18.0 Å². The molecule has 32 heavy (non-hydrogen) atoms. The van der Waals surface area contributed by atoms with E-state index < -0.39 is 24.5 Å². The molecule has 2 aromatic carbocycles. The summed E-state index contributed by atoms with van der Waals surface area (Å²) in [6.07, 6.45) is -2.56. The number of benzene rings is 2. The van der Waals surface area contributed by atoms with Crippen molar-refractivity contribution in [2.24, 2.45) is 0 Å². The first kappa shape index (κ1) is 20.2. The Morgan fingerprint density at radius 2 is 1.97 bits per heavy atom. The van der Waals surface area contributed by atoms with Gasteiger partial charge in [0.25, 0.3) is 0 Å². The highest BCUT2D eigenvalue weighted by molar-refractivity contribution is 5.95. The molecule has 1 aliphatic rings. The highest BCUT2D eigenvalue weighted by atomic mass is 19.4. The van der Waals surface area contributed by atoms with Crippen LogP contribution in [0.1, 0.15) is 36.0 Å². The predicted octanol–water partition coefficient (Wildman–Crippen LogP) is 4.66. The van der Waals surface area contributed by atoms with E-state index in [1.807, 2.05) is 13.0 Å². The molecule has 5 rings (SSSR count). The summed E-state index contributed by atoms with van der Waals surface area (Å²) in [6.45, 7) is 1.36. The maximum absolute atomic E-state index is 13.5. The van der Waals surface area contributed by atoms with Gasteiger partial charge in [-0.25, -0.2) is 9.97 Å². The van der Waals surface area contributed by atoms with Crippen LogP contribution in [0.5, 0.6) is 0 Å². The van der Waals surface area contributed by atoms with Crippen LogP contribution in [0.3, 0.4) is 0 Å². The van der Waals surface area contributed by atoms with Gasteiger partial charge in [-0.15, -0.1) is 0 Å². The Morgan fingerprint density at radius 1 is 1.19 bits per heavy atom. The molecular weight excluding hydrogens is 421 g/mol. The summed E-state index contributed by atoms with van der Waals surface area (Å²) in [5, 5.41) is 9.93. The highest BCUT2D eigenvalue weighted by Crippen LogP contribution is 2.39. The molecule has 2 heterocycles.